The van der Waals surface area contributed by atoms with Gasteiger partial charge in [0.1, 0.15) is 0 Å². The summed E-state index contributed by atoms with van der Waals surface area (Å²) in [5.41, 5.74) is 0. The zero-order valence-electron chi connectivity index (χ0n) is 13.7. The number of carbonyl (C=O) groups is 2. The summed E-state index contributed by atoms with van der Waals surface area (Å²) >= 11 is 0. The molecule has 0 saturated carbocycles. The van der Waals surface area contributed by atoms with Gasteiger partial charge in [0.05, 0.1) is 25.4 Å². The number of fused-ring (bicyclic) bond motifs is 1. The molecule has 2 aliphatic heterocycles. The molecule has 2 fully saturated rings. The molecule has 1 aromatic rings. The maximum atomic E-state index is 12.5. The molecule has 3 rings (SSSR count). The molecule has 2 amide bonds. The van der Waals surface area contributed by atoms with Crippen LogP contribution in [0, 0.1) is 17.8 Å². The van der Waals surface area contributed by atoms with Gasteiger partial charge in [-0.15, -0.1) is 0 Å². The zero-order chi connectivity index (χ0) is 16.6. The van der Waals surface area contributed by atoms with Crippen molar-refractivity contribution in [2.45, 2.75) is 13.8 Å². The Morgan fingerprint density at radius 2 is 2.00 bits per heavy atom. The lowest BCUT2D eigenvalue weighted by Gasteiger charge is -2.22. The van der Waals surface area contributed by atoms with Crippen LogP contribution >= 0.6 is 0 Å². The first-order valence-electron chi connectivity index (χ1n) is 7.93. The van der Waals surface area contributed by atoms with Gasteiger partial charge in [-0.05, 0) is 5.92 Å². The molecule has 0 aliphatic carbocycles. The molecular weight excluding hydrogens is 296 g/mol. The molecule has 3 heterocycles. The van der Waals surface area contributed by atoms with Crippen LogP contribution < -0.4 is 4.74 Å². The average Bonchev–Trinajstić information content (AvgIpc) is 3.07. The minimum atomic E-state index is -0.217. The summed E-state index contributed by atoms with van der Waals surface area (Å²) in [6.07, 6.45) is 2.96. The Kier molecular flexibility index (Phi) is 4.19. The van der Waals surface area contributed by atoms with Gasteiger partial charge in [0.2, 0.25) is 11.7 Å². The third-order valence-corrected chi connectivity index (χ3v) is 4.45. The van der Waals surface area contributed by atoms with Gasteiger partial charge >= 0.3 is 0 Å². The summed E-state index contributed by atoms with van der Waals surface area (Å²) < 4.78 is 4.99. The van der Waals surface area contributed by atoms with E-state index in [9.17, 15) is 9.59 Å². The van der Waals surface area contributed by atoms with Crippen molar-refractivity contribution >= 4 is 11.8 Å². The topological polar surface area (TPSA) is 75.6 Å². The third kappa shape index (κ3) is 3.00. The van der Waals surface area contributed by atoms with Crippen molar-refractivity contribution in [3.05, 3.63) is 18.2 Å². The van der Waals surface area contributed by atoms with Crippen molar-refractivity contribution in [1.82, 2.24) is 19.8 Å². The maximum absolute atomic E-state index is 12.5. The summed E-state index contributed by atoms with van der Waals surface area (Å²) in [5.74, 6) is 1.24. The van der Waals surface area contributed by atoms with E-state index in [0.29, 0.717) is 24.8 Å². The number of hydrogen-bond donors (Lipinski definition) is 0. The van der Waals surface area contributed by atoms with Crippen LogP contribution in [0.5, 0.6) is 5.75 Å². The van der Waals surface area contributed by atoms with E-state index in [1.807, 2.05) is 4.90 Å². The van der Waals surface area contributed by atoms with E-state index < -0.39 is 0 Å². The zero-order valence-corrected chi connectivity index (χ0v) is 13.7. The Bertz CT molecular complexity index is 602. The standard InChI is InChI=1S/C16H22N4O3/c1-10(2)6-19-7-11-8-20(9-13(11)15(19)21)16(22)14-17-4-12(23-3)5-18-14/h4-5,10-11,13H,6-9H2,1-3H3/t11-,13+/m1/s1. The van der Waals surface area contributed by atoms with Crippen LogP contribution in [-0.4, -0.2) is 64.9 Å². The molecule has 2 aliphatic rings. The second kappa shape index (κ2) is 6.14. The maximum Gasteiger partial charge on any atom is 0.291 e. The van der Waals surface area contributed by atoms with Gasteiger partial charge in [0.15, 0.2) is 5.75 Å². The van der Waals surface area contributed by atoms with Crippen molar-refractivity contribution in [2.75, 3.05) is 33.3 Å². The highest BCUT2D eigenvalue weighted by Crippen LogP contribution is 2.33. The predicted octanol–water partition coefficient (Wildman–Crippen LogP) is 0.672. The van der Waals surface area contributed by atoms with Gasteiger partial charge in [0.25, 0.3) is 5.91 Å². The molecule has 0 radical (unpaired) electrons. The van der Waals surface area contributed by atoms with Crippen LogP contribution in [0.25, 0.3) is 0 Å². The van der Waals surface area contributed by atoms with Crippen molar-refractivity contribution in [3.8, 4) is 5.75 Å². The largest absolute Gasteiger partial charge is 0.494 e. The highest BCUT2D eigenvalue weighted by molar-refractivity contribution is 5.92. The fourth-order valence-electron chi connectivity index (χ4n) is 3.39. The van der Waals surface area contributed by atoms with Gasteiger partial charge in [0, 0.05) is 32.1 Å². The molecule has 0 spiro atoms. The van der Waals surface area contributed by atoms with Crippen LogP contribution in [0.1, 0.15) is 24.5 Å². The van der Waals surface area contributed by atoms with Crippen LogP contribution in [0.2, 0.25) is 0 Å². The Hall–Kier alpha value is -2.18. The average molecular weight is 318 g/mol. The van der Waals surface area contributed by atoms with E-state index in [2.05, 4.69) is 23.8 Å². The smallest absolute Gasteiger partial charge is 0.291 e. The quantitative estimate of drug-likeness (QED) is 0.816. The Morgan fingerprint density at radius 1 is 1.30 bits per heavy atom. The number of rotatable bonds is 4. The van der Waals surface area contributed by atoms with Crippen molar-refractivity contribution < 1.29 is 14.3 Å². The molecule has 2 atom stereocenters. The number of methoxy groups -OCH3 is 1. The number of amides is 2. The molecule has 7 nitrogen and oxygen atoms in total. The normalized spacial score (nSPS) is 23.6. The number of ether oxygens (including phenoxy) is 1. The second-order valence-electron chi connectivity index (χ2n) is 6.66. The minimum absolute atomic E-state index is 0.0732. The van der Waals surface area contributed by atoms with Gasteiger partial charge in [-0.2, -0.15) is 0 Å². The van der Waals surface area contributed by atoms with Crippen molar-refractivity contribution in [1.29, 1.82) is 0 Å². The first kappa shape index (κ1) is 15.7. The SMILES string of the molecule is COc1cnc(C(=O)N2C[C@H]3CN(CC(C)C)C(=O)[C@H]3C2)nc1. The summed E-state index contributed by atoms with van der Waals surface area (Å²) in [6.45, 7) is 6.82. The van der Waals surface area contributed by atoms with E-state index in [0.717, 1.165) is 13.1 Å². The lowest BCUT2D eigenvalue weighted by molar-refractivity contribution is -0.131. The minimum Gasteiger partial charge on any atom is -0.494 e. The van der Waals surface area contributed by atoms with Gasteiger partial charge in [-0.3, -0.25) is 9.59 Å². The van der Waals surface area contributed by atoms with E-state index in [4.69, 9.17) is 4.74 Å². The summed E-state index contributed by atoms with van der Waals surface area (Å²) in [6, 6.07) is 0. The van der Waals surface area contributed by atoms with Crippen LogP contribution in [0.15, 0.2) is 12.4 Å². The van der Waals surface area contributed by atoms with E-state index in [-0.39, 0.29) is 29.5 Å². The lowest BCUT2D eigenvalue weighted by atomic mass is 10.0. The number of nitrogens with zero attached hydrogens (tertiary/aromatic N) is 4. The highest BCUT2D eigenvalue weighted by atomic mass is 16.5. The molecule has 7 heteroatoms. The number of aromatic nitrogens is 2. The Labute approximate surface area is 135 Å². The predicted molar refractivity (Wildman–Crippen MR) is 82.9 cm³/mol. The van der Waals surface area contributed by atoms with Crippen molar-refractivity contribution in [3.63, 3.8) is 0 Å². The first-order valence-corrected chi connectivity index (χ1v) is 7.93. The van der Waals surface area contributed by atoms with Crippen LogP contribution in [0.4, 0.5) is 0 Å². The van der Waals surface area contributed by atoms with E-state index in [1.54, 1.807) is 4.90 Å². The molecule has 2 saturated heterocycles. The van der Waals surface area contributed by atoms with Crippen molar-refractivity contribution in [2.24, 2.45) is 17.8 Å². The first-order chi connectivity index (χ1) is 11.0. The number of likely N-dealkylation sites (tertiary alicyclic amines) is 2. The summed E-state index contributed by atoms with van der Waals surface area (Å²) in [4.78, 5) is 36.6. The summed E-state index contributed by atoms with van der Waals surface area (Å²) in [7, 11) is 1.52. The number of carbonyl (C=O) groups excluding carboxylic acids is 2. The van der Waals surface area contributed by atoms with Gasteiger partial charge in [-0.25, -0.2) is 9.97 Å². The summed E-state index contributed by atoms with van der Waals surface area (Å²) in [5, 5.41) is 0. The van der Waals surface area contributed by atoms with E-state index >= 15 is 0 Å². The van der Waals surface area contributed by atoms with Crippen LogP contribution in [0.3, 0.4) is 0 Å². The highest BCUT2D eigenvalue weighted by Gasteiger charge is 2.47. The molecular formula is C16H22N4O3. The number of hydrogen-bond acceptors (Lipinski definition) is 5. The monoisotopic (exact) mass is 318 g/mol. The molecule has 124 valence electrons. The molecule has 1 aromatic heterocycles. The third-order valence-electron chi connectivity index (χ3n) is 4.45. The second-order valence-corrected chi connectivity index (χ2v) is 6.66. The molecule has 0 bridgehead atoms. The molecule has 0 N–H and O–H groups in total. The fraction of sp³-hybridized carbons (Fsp3) is 0.625. The fourth-order valence-corrected chi connectivity index (χ4v) is 3.39. The lowest BCUT2D eigenvalue weighted by Crippen LogP contribution is -2.37. The Balaban J connectivity index is 1.65. The molecule has 0 aromatic carbocycles. The van der Waals surface area contributed by atoms with Gasteiger partial charge in [-0.1, -0.05) is 13.8 Å². The van der Waals surface area contributed by atoms with Gasteiger partial charge < -0.3 is 14.5 Å². The van der Waals surface area contributed by atoms with Crippen LogP contribution in [-0.2, 0) is 4.79 Å². The molecule has 0 unspecified atom stereocenters. The van der Waals surface area contributed by atoms with E-state index in [1.165, 1.54) is 19.5 Å². The molecule has 23 heavy (non-hydrogen) atoms. The Morgan fingerprint density at radius 3 is 2.57 bits per heavy atom.